The average Bonchev–Trinajstić information content (AvgIpc) is 2.59. The third-order valence-corrected chi connectivity index (χ3v) is 4.44. The zero-order valence-electron chi connectivity index (χ0n) is 11.4. The smallest absolute Gasteiger partial charge is 0.328 e. The second-order valence-electron chi connectivity index (χ2n) is 5.93. The van der Waals surface area contributed by atoms with E-state index in [2.05, 4.69) is 23.8 Å². The number of aromatic nitrogens is 2. The largest absolute Gasteiger partial charge is 0.472 e. The Morgan fingerprint density at radius 1 is 1.32 bits per heavy atom. The molecule has 1 aliphatic carbocycles. The minimum absolute atomic E-state index is 0.0294. The lowest BCUT2D eigenvalue weighted by atomic mass is 9.72. The summed E-state index contributed by atoms with van der Waals surface area (Å²) in [6, 6.07) is 0. The Morgan fingerprint density at radius 2 is 2.05 bits per heavy atom. The van der Waals surface area contributed by atoms with Gasteiger partial charge in [0, 0.05) is 5.92 Å². The summed E-state index contributed by atoms with van der Waals surface area (Å²) in [6.45, 7) is 6.23. The van der Waals surface area contributed by atoms with Gasteiger partial charge in [-0.3, -0.25) is 14.8 Å². The Bertz CT molecular complexity index is 679. The molecule has 5 heteroatoms. The first-order chi connectivity index (χ1) is 8.90. The van der Waals surface area contributed by atoms with Gasteiger partial charge in [-0.05, 0) is 40.0 Å². The van der Waals surface area contributed by atoms with E-state index in [9.17, 15) is 9.59 Å². The molecule has 5 nitrogen and oxygen atoms in total. The molecule has 1 saturated carbocycles. The Balaban J connectivity index is 2.14. The van der Waals surface area contributed by atoms with Gasteiger partial charge in [-0.1, -0.05) is 11.1 Å². The van der Waals surface area contributed by atoms with Crippen LogP contribution >= 0.6 is 0 Å². The summed E-state index contributed by atoms with van der Waals surface area (Å²) in [5.41, 5.74) is 2.11. The molecule has 0 amide bonds. The Kier molecular flexibility index (Phi) is 2.49. The molecule has 19 heavy (non-hydrogen) atoms. The summed E-state index contributed by atoms with van der Waals surface area (Å²) in [7, 11) is 0. The zero-order chi connectivity index (χ0) is 13.8. The molecule has 2 N–H and O–H groups in total. The van der Waals surface area contributed by atoms with E-state index in [-0.39, 0.29) is 17.1 Å². The zero-order valence-corrected chi connectivity index (χ0v) is 11.4. The highest BCUT2D eigenvalue weighted by Gasteiger charge is 2.49. The summed E-state index contributed by atoms with van der Waals surface area (Å²) in [5.74, 6) is 0.387. The van der Waals surface area contributed by atoms with E-state index in [4.69, 9.17) is 4.74 Å². The van der Waals surface area contributed by atoms with E-state index >= 15 is 0 Å². The second kappa shape index (κ2) is 3.85. The van der Waals surface area contributed by atoms with E-state index < -0.39 is 5.69 Å². The number of H-pyrrole nitrogens is 2. The molecule has 0 aromatic carbocycles. The number of aromatic amines is 2. The molecule has 2 aliphatic rings. The Labute approximate surface area is 110 Å². The van der Waals surface area contributed by atoms with Crippen LogP contribution in [0.4, 0.5) is 0 Å². The maximum atomic E-state index is 12.0. The number of hydrogen-bond donors (Lipinski definition) is 2. The van der Waals surface area contributed by atoms with Gasteiger partial charge in [0.2, 0.25) is 5.88 Å². The van der Waals surface area contributed by atoms with Gasteiger partial charge in [0.25, 0.3) is 5.56 Å². The van der Waals surface area contributed by atoms with Crippen molar-refractivity contribution in [2.24, 2.45) is 0 Å². The van der Waals surface area contributed by atoms with E-state index in [1.165, 1.54) is 11.1 Å². The molecule has 2 atom stereocenters. The number of rotatable bonds is 0. The molecule has 0 spiro atoms. The summed E-state index contributed by atoms with van der Waals surface area (Å²) in [4.78, 5) is 28.3. The van der Waals surface area contributed by atoms with Crippen molar-refractivity contribution in [2.75, 3.05) is 0 Å². The van der Waals surface area contributed by atoms with Crippen molar-refractivity contribution >= 4 is 0 Å². The second-order valence-corrected chi connectivity index (χ2v) is 5.93. The standard InChI is InChI=1S/C14H18N2O3/c1-7(2)8-4-5-14(3)9(6-8)10-11(17)15-13(18)16-12(10)19-14/h9H,4-6H2,1-3H3,(H2,15,16,17,18)/t9-,14-/m0/s1. The SMILES string of the molecule is CC(C)=C1CC[C@]2(C)Oc3[nH]c(=O)[nH]c(=O)c3[C@@H]2C1. The van der Waals surface area contributed by atoms with Gasteiger partial charge < -0.3 is 4.74 Å². The summed E-state index contributed by atoms with van der Waals surface area (Å²) < 4.78 is 5.89. The van der Waals surface area contributed by atoms with Crippen molar-refractivity contribution in [1.82, 2.24) is 9.97 Å². The topological polar surface area (TPSA) is 75.0 Å². The Hall–Kier alpha value is -1.78. The van der Waals surface area contributed by atoms with Crippen molar-refractivity contribution in [3.63, 3.8) is 0 Å². The lowest BCUT2D eigenvalue weighted by molar-refractivity contribution is 0.0630. The first-order valence-electron chi connectivity index (χ1n) is 6.61. The first-order valence-corrected chi connectivity index (χ1v) is 6.61. The first kappa shape index (κ1) is 12.3. The molecule has 1 aromatic heterocycles. The van der Waals surface area contributed by atoms with E-state index in [0.29, 0.717) is 11.4 Å². The third-order valence-electron chi connectivity index (χ3n) is 4.44. The van der Waals surface area contributed by atoms with Gasteiger partial charge in [-0.2, -0.15) is 0 Å². The molecule has 1 fully saturated rings. The Morgan fingerprint density at radius 3 is 2.74 bits per heavy atom. The van der Waals surface area contributed by atoms with Crippen molar-refractivity contribution in [3.8, 4) is 5.88 Å². The molecule has 102 valence electrons. The fourth-order valence-electron chi connectivity index (χ4n) is 3.23. The third kappa shape index (κ3) is 1.76. The van der Waals surface area contributed by atoms with Crippen LogP contribution in [-0.2, 0) is 0 Å². The van der Waals surface area contributed by atoms with Crippen molar-refractivity contribution < 1.29 is 4.74 Å². The van der Waals surface area contributed by atoms with Crippen LogP contribution in [0, 0.1) is 0 Å². The van der Waals surface area contributed by atoms with Crippen LogP contribution < -0.4 is 16.0 Å². The molecule has 0 radical (unpaired) electrons. The van der Waals surface area contributed by atoms with Gasteiger partial charge >= 0.3 is 5.69 Å². The van der Waals surface area contributed by atoms with Crippen LogP contribution in [0.3, 0.4) is 0 Å². The lowest BCUT2D eigenvalue weighted by Gasteiger charge is -2.36. The predicted octanol–water partition coefficient (Wildman–Crippen LogP) is 1.82. The molecule has 0 saturated heterocycles. The van der Waals surface area contributed by atoms with Crippen LogP contribution in [0.2, 0.25) is 0 Å². The van der Waals surface area contributed by atoms with Gasteiger partial charge in [-0.25, -0.2) is 4.79 Å². The van der Waals surface area contributed by atoms with Crippen LogP contribution in [0.15, 0.2) is 20.7 Å². The summed E-state index contributed by atoms with van der Waals surface area (Å²) >= 11 is 0. The molecular formula is C14H18N2O3. The fraction of sp³-hybridized carbons (Fsp3) is 0.571. The quantitative estimate of drug-likeness (QED) is 0.700. The van der Waals surface area contributed by atoms with Crippen LogP contribution in [0.25, 0.3) is 0 Å². The highest BCUT2D eigenvalue weighted by molar-refractivity contribution is 5.39. The van der Waals surface area contributed by atoms with Crippen molar-refractivity contribution in [1.29, 1.82) is 0 Å². The maximum Gasteiger partial charge on any atom is 0.328 e. The minimum Gasteiger partial charge on any atom is -0.472 e. The summed E-state index contributed by atoms with van der Waals surface area (Å²) in [5, 5.41) is 0. The molecule has 0 unspecified atom stereocenters. The monoisotopic (exact) mass is 262 g/mol. The summed E-state index contributed by atoms with van der Waals surface area (Å²) in [6.07, 6.45) is 2.70. The highest BCUT2D eigenvalue weighted by Crippen LogP contribution is 2.51. The number of fused-ring (bicyclic) bond motifs is 3. The van der Waals surface area contributed by atoms with Gasteiger partial charge in [0.05, 0.1) is 5.56 Å². The van der Waals surface area contributed by atoms with Gasteiger partial charge in [0.1, 0.15) is 5.60 Å². The number of hydrogen-bond acceptors (Lipinski definition) is 3. The molecule has 1 aliphatic heterocycles. The van der Waals surface area contributed by atoms with Gasteiger partial charge in [0.15, 0.2) is 0 Å². The molecular weight excluding hydrogens is 244 g/mol. The number of nitrogens with one attached hydrogen (secondary N) is 2. The molecule has 1 aromatic rings. The molecule has 3 rings (SSSR count). The minimum atomic E-state index is -0.506. The number of allylic oxidation sites excluding steroid dienone is 2. The van der Waals surface area contributed by atoms with E-state index in [0.717, 1.165) is 19.3 Å². The van der Waals surface area contributed by atoms with Crippen LogP contribution in [-0.4, -0.2) is 15.6 Å². The lowest BCUT2D eigenvalue weighted by Crippen LogP contribution is -2.38. The number of ether oxygens (including phenoxy) is 1. The van der Waals surface area contributed by atoms with Crippen molar-refractivity contribution in [2.45, 2.75) is 51.6 Å². The van der Waals surface area contributed by atoms with Crippen LogP contribution in [0.5, 0.6) is 5.88 Å². The highest BCUT2D eigenvalue weighted by atomic mass is 16.5. The predicted molar refractivity (Wildman–Crippen MR) is 71.7 cm³/mol. The normalized spacial score (nSPS) is 28.6. The fourth-order valence-corrected chi connectivity index (χ4v) is 3.23. The average molecular weight is 262 g/mol. The van der Waals surface area contributed by atoms with E-state index in [1.54, 1.807) is 0 Å². The van der Waals surface area contributed by atoms with Gasteiger partial charge in [-0.15, -0.1) is 0 Å². The molecule has 0 bridgehead atoms. The maximum absolute atomic E-state index is 12.0. The van der Waals surface area contributed by atoms with E-state index in [1.807, 2.05) is 6.92 Å². The van der Waals surface area contributed by atoms with Crippen LogP contribution in [0.1, 0.15) is 51.5 Å². The molecule has 2 heterocycles. The van der Waals surface area contributed by atoms with Crippen molar-refractivity contribution in [3.05, 3.63) is 37.5 Å².